The van der Waals surface area contributed by atoms with Crippen LogP contribution in [0.3, 0.4) is 0 Å². The van der Waals surface area contributed by atoms with Crippen LogP contribution in [0.4, 0.5) is 18.9 Å². The Balaban J connectivity index is 1.50. The first-order valence-corrected chi connectivity index (χ1v) is 9.23. The summed E-state index contributed by atoms with van der Waals surface area (Å²) in [6, 6.07) is 9.13. The molecular weight excluding hydrogens is 375 g/mol. The molecule has 0 bridgehead atoms. The summed E-state index contributed by atoms with van der Waals surface area (Å²) in [5, 5.41) is 1.90. The topological polar surface area (TPSA) is 69.7 Å². The molecule has 0 aliphatic carbocycles. The Morgan fingerprint density at radius 3 is 2.32 bits per heavy atom. The standard InChI is InChI=1S/C19H22F3N3O3/c20-19(21,22)12-23-17(27)13-6-8-24(9-7-13)18(28)14-10-16(26)25(11-14)15-4-2-1-3-5-15/h1-5,13-14H,6-12H2,(H,23,27). The van der Waals surface area contributed by atoms with Gasteiger partial charge in [-0.25, -0.2) is 0 Å². The zero-order valence-electron chi connectivity index (χ0n) is 15.2. The Bertz CT molecular complexity index is 731. The molecular formula is C19H22F3N3O3. The Labute approximate surface area is 160 Å². The van der Waals surface area contributed by atoms with Gasteiger partial charge in [0.05, 0.1) is 5.92 Å². The average Bonchev–Trinajstić information content (AvgIpc) is 3.07. The number of hydrogen-bond acceptors (Lipinski definition) is 3. The highest BCUT2D eigenvalue weighted by Crippen LogP contribution is 2.28. The van der Waals surface area contributed by atoms with E-state index in [2.05, 4.69) is 0 Å². The highest BCUT2D eigenvalue weighted by atomic mass is 19.4. The first-order chi connectivity index (χ1) is 13.2. The molecule has 1 aromatic carbocycles. The van der Waals surface area contributed by atoms with Gasteiger partial charge >= 0.3 is 6.18 Å². The van der Waals surface area contributed by atoms with E-state index in [1.54, 1.807) is 9.80 Å². The van der Waals surface area contributed by atoms with Gasteiger partial charge in [0, 0.05) is 37.7 Å². The number of alkyl halides is 3. The van der Waals surface area contributed by atoms with Crippen molar-refractivity contribution in [2.75, 3.05) is 31.1 Å². The molecule has 0 saturated carbocycles. The molecule has 9 heteroatoms. The number of amides is 3. The fourth-order valence-corrected chi connectivity index (χ4v) is 3.68. The molecule has 2 fully saturated rings. The number of hydrogen-bond donors (Lipinski definition) is 1. The third-order valence-electron chi connectivity index (χ3n) is 5.18. The van der Waals surface area contributed by atoms with Crippen molar-refractivity contribution in [2.24, 2.45) is 11.8 Å². The molecule has 6 nitrogen and oxygen atoms in total. The van der Waals surface area contributed by atoms with E-state index in [0.29, 0.717) is 32.5 Å². The maximum atomic E-state index is 12.8. The van der Waals surface area contributed by atoms with E-state index in [4.69, 9.17) is 0 Å². The minimum Gasteiger partial charge on any atom is -0.347 e. The van der Waals surface area contributed by atoms with E-state index in [0.717, 1.165) is 5.69 Å². The molecule has 28 heavy (non-hydrogen) atoms. The summed E-state index contributed by atoms with van der Waals surface area (Å²) in [5.41, 5.74) is 0.753. The quantitative estimate of drug-likeness (QED) is 0.845. The number of nitrogens with zero attached hydrogens (tertiary/aromatic N) is 2. The summed E-state index contributed by atoms with van der Waals surface area (Å²) >= 11 is 0. The number of para-hydroxylation sites is 1. The van der Waals surface area contributed by atoms with Crippen LogP contribution in [0.5, 0.6) is 0 Å². The molecule has 1 unspecified atom stereocenters. The van der Waals surface area contributed by atoms with Crippen LogP contribution < -0.4 is 10.2 Å². The fraction of sp³-hybridized carbons (Fsp3) is 0.526. The van der Waals surface area contributed by atoms with Crippen LogP contribution >= 0.6 is 0 Å². The molecule has 1 aromatic rings. The summed E-state index contributed by atoms with van der Waals surface area (Å²) in [7, 11) is 0. The lowest BCUT2D eigenvalue weighted by Gasteiger charge is -2.33. The monoisotopic (exact) mass is 397 g/mol. The molecule has 3 rings (SSSR count). The van der Waals surface area contributed by atoms with E-state index >= 15 is 0 Å². The van der Waals surface area contributed by atoms with Crippen LogP contribution in [0.25, 0.3) is 0 Å². The maximum Gasteiger partial charge on any atom is 0.405 e. The highest BCUT2D eigenvalue weighted by Gasteiger charge is 2.39. The van der Waals surface area contributed by atoms with Gasteiger partial charge in [-0.2, -0.15) is 13.2 Å². The third kappa shape index (κ3) is 4.82. The van der Waals surface area contributed by atoms with Gasteiger partial charge in [-0.15, -0.1) is 0 Å². The number of halogens is 3. The Morgan fingerprint density at radius 2 is 1.71 bits per heavy atom. The van der Waals surface area contributed by atoms with Crippen LogP contribution in [0.2, 0.25) is 0 Å². The molecule has 1 atom stereocenters. The van der Waals surface area contributed by atoms with Crippen LogP contribution in [-0.4, -0.2) is 55.0 Å². The third-order valence-corrected chi connectivity index (χ3v) is 5.18. The van der Waals surface area contributed by atoms with E-state index in [9.17, 15) is 27.6 Å². The molecule has 2 heterocycles. The summed E-state index contributed by atoms with van der Waals surface area (Å²) in [4.78, 5) is 40.1. The Kier molecular flexibility index (Phi) is 5.90. The van der Waals surface area contributed by atoms with Crippen LogP contribution in [-0.2, 0) is 14.4 Å². The first-order valence-electron chi connectivity index (χ1n) is 9.23. The van der Waals surface area contributed by atoms with Gasteiger partial charge in [0.1, 0.15) is 6.54 Å². The lowest BCUT2D eigenvalue weighted by molar-refractivity contribution is -0.143. The highest BCUT2D eigenvalue weighted by molar-refractivity contribution is 6.00. The predicted molar refractivity (Wildman–Crippen MR) is 95.3 cm³/mol. The van der Waals surface area contributed by atoms with Crippen LogP contribution in [0.1, 0.15) is 19.3 Å². The number of likely N-dealkylation sites (tertiary alicyclic amines) is 1. The van der Waals surface area contributed by atoms with Crippen molar-refractivity contribution in [1.29, 1.82) is 0 Å². The van der Waals surface area contributed by atoms with Gasteiger partial charge in [-0.3, -0.25) is 14.4 Å². The van der Waals surface area contributed by atoms with Crippen molar-refractivity contribution in [2.45, 2.75) is 25.4 Å². The Hall–Kier alpha value is -2.58. The van der Waals surface area contributed by atoms with Crippen molar-refractivity contribution < 1.29 is 27.6 Å². The van der Waals surface area contributed by atoms with Gasteiger partial charge in [-0.1, -0.05) is 18.2 Å². The van der Waals surface area contributed by atoms with Gasteiger partial charge in [0.25, 0.3) is 0 Å². The SMILES string of the molecule is O=C(NCC(F)(F)F)C1CCN(C(=O)C2CC(=O)N(c3ccccc3)C2)CC1. The molecule has 0 spiro atoms. The number of piperidine rings is 1. The van der Waals surface area contributed by atoms with E-state index in [1.165, 1.54) is 0 Å². The molecule has 2 saturated heterocycles. The lowest BCUT2D eigenvalue weighted by Crippen LogP contribution is -2.46. The van der Waals surface area contributed by atoms with E-state index in [-0.39, 0.29) is 18.2 Å². The summed E-state index contributed by atoms with van der Waals surface area (Å²) < 4.78 is 36.6. The first kappa shape index (κ1) is 20.2. The minimum atomic E-state index is -4.44. The smallest absolute Gasteiger partial charge is 0.347 e. The molecule has 1 N–H and O–H groups in total. The number of nitrogens with one attached hydrogen (secondary N) is 1. The molecule has 2 aliphatic heterocycles. The molecule has 0 aromatic heterocycles. The number of carbonyl (C=O) groups is 3. The molecule has 152 valence electrons. The summed E-state index contributed by atoms with van der Waals surface area (Å²) in [5.74, 6) is -1.84. The van der Waals surface area contributed by atoms with Crippen molar-refractivity contribution >= 4 is 23.4 Å². The zero-order chi connectivity index (χ0) is 20.3. The lowest BCUT2D eigenvalue weighted by atomic mass is 9.94. The van der Waals surface area contributed by atoms with Crippen molar-refractivity contribution in [3.05, 3.63) is 30.3 Å². The number of rotatable bonds is 4. The van der Waals surface area contributed by atoms with E-state index < -0.39 is 30.5 Å². The van der Waals surface area contributed by atoms with Gasteiger partial charge < -0.3 is 15.1 Å². The van der Waals surface area contributed by atoms with Crippen molar-refractivity contribution in [3.8, 4) is 0 Å². The number of anilines is 1. The molecule has 0 radical (unpaired) electrons. The Morgan fingerprint density at radius 1 is 1.07 bits per heavy atom. The van der Waals surface area contributed by atoms with Crippen molar-refractivity contribution in [3.63, 3.8) is 0 Å². The second kappa shape index (κ2) is 8.20. The molecule has 2 aliphatic rings. The fourth-order valence-electron chi connectivity index (χ4n) is 3.68. The summed E-state index contributed by atoms with van der Waals surface area (Å²) in [6.07, 6.45) is -3.66. The zero-order valence-corrected chi connectivity index (χ0v) is 15.2. The normalized spacial score (nSPS) is 21.1. The van der Waals surface area contributed by atoms with Gasteiger partial charge in [0.2, 0.25) is 17.7 Å². The van der Waals surface area contributed by atoms with Crippen LogP contribution in [0.15, 0.2) is 30.3 Å². The average molecular weight is 397 g/mol. The second-order valence-corrected chi connectivity index (χ2v) is 7.17. The van der Waals surface area contributed by atoms with E-state index in [1.807, 2.05) is 35.6 Å². The number of carbonyl (C=O) groups excluding carboxylic acids is 3. The number of benzene rings is 1. The van der Waals surface area contributed by atoms with Gasteiger partial charge in [-0.05, 0) is 25.0 Å². The second-order valence-electron chi connectivity index (χ2n) is 7.17. The van der Waals surface area contributed by atoms with Crippen LogP contribution in [0, 0.1) is 11.8 Å². The largest absolute Gasteiger partial charge is 0.405 e. The molecule has 3 amide bonds. The predicted octanol–water partition coefficient (Wildman–Crippen LogP) is 1.96. The van der Waals surface area contributed by atoms with Gasteiger partial charge in [0.15, 0.2) is 0 Å². The maximum absolute atomic E-state index is 12.8. The summed E-state index contributed by atoms with van der Waals surface area (Å²) in [6.45, 7) is -0.421. The van der Waals surface area contributed by atoms with Crippen molar-refractivity contribution in [1.82, 2.24) is 10.2 Å². The minimum absolute atomic E-state index is 0.106.